The summed E-state index contributed by atoms with van der Waals surface area (Å²) in [6.45, 7) is 2.22. The Morgan fingerprint density at radius 2 is 2.16 bits per heavy atom. The van der Waals surface area contributed by atoms with Gasteiger partial charge in [-0.2, -0.15) is 0 Å². The van der Waals surface area contributed by atoms with Crippen LogP contribution in [0.4, 0.5) is 11.6 Å². The van der Waals surface area contributed by atoms with Gasteiger partial charge in [-0.05, 0) is 32.9 Å². The Balaban J connectivity index is 1.71. The molecule has 2 aliphatic rings. The minimum atomic E-state index is 0.418. The second-order valence-electron chi connectivity index (χ2n) is 5.87. The zero-order chi connectivity index (χ0) is 13.6. The molecule has 0 spiro atoms. The van der Waals surface area contributed by atoms with Crippen molar-refractivity contribution in [1.82, 2.24) is 14.9 Å². The van der Waals surface area contributed by atoms with Crippen LogP contribution in [0.5, 0.6) is 0 Å². The number of anilines is 2. The van der Waals surface area contributed by atoms with Crippen molar-refractivity contribution in [1.29, 1.82) is 0 Å². The van der Waals surface area contributed by atoms with Crippen molar-refractivity contribution in [3.8, 4) is 0 Å². The molecule has 1 aromatic rings. The molecule has 5 nitrogen and oxygen atoms in total. The zero-order valence-electron chi connectivity index (χ0n) is 11.4. The molecular weight excluding hydrogens is 353 g/mol. The lowest BCUT2D eigenvalue weighted by Crippen LogP contribution is -2.47. The number of nitrogen functional groups attached to an aromatic ring is 1. The molecule has 1 fully saturated rings. The average Bonchev–Trinajstić information content (AvgIpc) is 2.62. The van der Waals surface area contributed by atoms with Crippen molar-refractivity contribution >= 4 is 34.2 Å². The first kappa shape index (κ1) is 13.4. The molecule has 2 N–H and O–H groups in total. The number of hydrogen-bond donors (Lipinski definition) is 1. The number of aromatic nitrogens is 2. The van der Waals surface area contributed by atoms with Gasteiger partial charge < -0.3 is 15.5 Å². The molecule has 0 amide bonds. The fourth-order valence-corrected chi connectivity index (χ4v) is 4.24. The van der Waals surface area contributed by atoms with E-state index in [1.165, 1.54) is 19.4 Å². The van der Waals surface area contributed by atoms with E-state index in [1.807, 2.05) is 0 Å². The molecule has 1 atom stereocenters. The van der Waals surface area contributed by atoms with E-state index in [4.69, 9.17) is 5.73 Å². The predicted octanol–water partition coefficient (Wildman–Crippen LogP) is 1.70. The van der Waals surface area contributed by atoms with Gasteiger partial charge in [0.2, 0.25) is 0 Å². The van der Waals surface area contributed by atoms with Crippen LogP contribution in [0.15, 0.2) is 6.33 Å². The molecule has 1 saturated carbocycles. The summed E-state index contributed by atoms with van der Waals surface area (Å²) in [6.07, 6.45) is 4.13. The summed E-state index contributed by atoms with van der Waals surface area (Å²) in [4.78, 5) is 13.3. The molecule has 2 heterocycles. The fourth-order valence-electron chi connectivity index (χ4n) is 3.22. The summed E-state index contributed by atoms with van der Waals surface area (Å²) < 4.78 is 0.418. The van der Waals surface area contributed by atoms with Crippen molar-refractivity contribution in [2.75, 3.05) is 37.8 Å². The van der Waals surface area contributed by atoms with Crippen molar-refractivity contribution in [2.24, 2.45) is 5.92 Å². The summed E-state index contributed by atoms with van der Waals surface area (Å²) in [7, 11) is 4.29. The normalized spacial score (nSPS) is 29.5. The number of hydrogen-bond acceptors (Lipinski definition) is 5. The lowest BCUT2D eigenvalue weighted by Gasteiger charge is -2.43. The van der Waals surface area contributed by atoms with Gasteiger partial charge in [-0.25, -0.2) is 9.97 Å². The lowest BCUT2D eigenvalue weighted by molar-refractivity contribution is 0.195. The number of nitrogens with zero attached hydrogens (tertiary/aromatic N) is 4. The van der Waals surface area contributed by atoms with E-state index in [2.05, 4.69) is 56.5 Å². The predicted molar refractivity (Wildman–Crippen MR) is 85.6 cm³/mol. The van der Waals surface area contributed by atoms with Crippen LogP contribution in [0.2, 0.25) is 0 Å². The summed E-state index contributed by atoms with van der Waals surface area (Å²) in [5.41, 5.74) is 7.13. The first-order valence-corrected chi connectivity index (χ1v) is 7.96. The van der Waals surface area contributed by atoms with Gasteiger partial charge in [0.25, 0.3) is 0 Å². The molecule has 0 saturated heterocycles. The highest BCUT2D eigenvalue weighted by Gasteiger charge is 2.40. The Labute approximate surface area is 127 Å². The van der Waals surface area contributed by atoms with Crippen molar-refractivity contribution in [3.05, 3.63) is 11.9 Å². The summed E-state index contributed by atoms with van der Waals surface area (Å²) in [6, 6.07) is 0.637. The topological polar surface area (TPSA) is 58.3 Å². The third-order valence-corrected chi connectivity index (χ3v) is 5.13. The molecule has 0 aromatic carbocycles. The van der Waals surface area contributed by atoms with Gasteiger partial charge >= 0.3 is 0 Å². The van der Waals surface area contributed by atoms with Crippen molar-refractivity contribution in [3.63, 3.8) is 0 Å². The molecule has 0 radical (unpaired) electrons. The molecule has 0 bridgehead atoms. The molecule has 19 heavy (non-hydrogen) atoms. The molecule has 1 aromatic heterocycles. The van der Waals surface area contributed by atoms with Crippen LogP contribution in [-0.2, 0) is 0 Å². The van der Waals surface area contributed by atoms with E-state index in [0.29, 0.717) is 15.8 Å². The highest BCUT2D eigenvalue weighted by Crippen LogP contribution is 2.45. The van der Waals surface area contributed by atoms with Gasteiger partial charge in [0.05, 0.1) is 9.49 Å². The van der Waals surface area contributed by atoms with Gasteiger partial charge in [0, 0.05) is 19.1 Å². The molecular formula is C13H20IN5. The third kappa shape index (κ3) is 2.40. The van der Waals surface area contributed by atoms with Gasteiger partial charge in [-0.15, -0.1) is 0 Å². The number of fused-ring (bicyclic) bond motifs is 1. The van der Waals surface area contributed by atoms with E-state index in [-0.39, 0.29) is 0 Å². The maximum atomic E-state index is 5.99. The highest BCUT2D eigenvalue weighted by molar-refractivity contribution is 14.1. The molecule has 1 aliphatic carbocycles. The molecule has 104 valence electrons. The van der Waals surface area contributed by atoms with Gasteiger partial charge in [-0.3, -0.25) is 0 Å². The maximum absolute atomic E-state index is 5.99. The van der Waals surface area contributed by atoms with E-state index in [9.17, 15) is 0 Å². The summed E-state index contributed by atoms with van der Waals surface area (Å²) in [5, 5.41) is 0. The van der Waals surface area contributed by atoms with Crippen LogP contribution in [0, 0.1) is 5.92 Å². The number of alkyl halides is 1. The monoisotopic (exact) mass is 373 g/mol. The average molecular weight is 373 g/mol. The smallest absolute Gasteiger partial charge is 0.138 e. The fraction of sp³-hybridized carbons (Fsp3) is 0.692. The number of halogens is 1. The van der Waals surface area contributed by atoms with Crippen molar-refractivity contribution in [2.45, 2.75) is 22.8 Å². The standard InChI is InChI=1S/C13H20IN5/c1-18(2)5-8-3-9(4-8)19-6-10(14)11-12(15)16-7-17-13(11)19/h7-10H,3-6H2,1-2H3,(H2,15,16,17)/t8-,9+,10?. The van der Waals surface area contributed by atoms with E-state index in [0.717, 1.165) is 23.8 Å². The Bertz CT molecular complexity index is 472. The SMILES string of the molecule is CN(C)C[C@H]1C[C@@H](N2CC(I)c3c(N)ncnc32)C1. The quantitative estimate of drug-likeness (QED) is 0.646. The molecule has 1 unspecified atom stereocenters. The molecule has 3 rings (SSSR count). The van der Waals surface area contributed by atoms with E-state index >= 15 is 0 Å². The number of rotatable bonds is 3. The van der Waals surface area contributed by atoms with Gasteiger partial charge in [-0.1, -0.05) is 22.6 Å². The Kier molecular flexibility index (Phi) is 3.55. The number of nitrogens with two attached hydrogens (primary N) is 1. The summed E-state index contributed by atoms with van der Waals surface area (Å²) in [5.74, 6) is 2.55. The summed E-state index contributed by atoms with van der Waals surface area (Å²) >= 11 is 2.45. The molecule has 1 aliphatic heterocycles. The highest BCUT2D eigenvalue weighted by atomic mass is 127. The Morgan fingerprint density at radius 3 is 2.84 bits per heavy atom. The van der Waals surface area contributed by atoms with Crippen LogP contribution in [0.3, 0.4) is 0 Å². The first-order chi connectivity index (χ1) is 9.06. The largest absolute Gasteiger partial charge is 0.383 e. The van der Waals surface area contributed by atoms with Crippen LogP contribution < -0.4 is 10.6 Å². The Hall–Kier alpha value is -0.630. The van der Waals surface area contributed by atoms with Gasteiger partial charge in [0.1, 0.15) is 18.0 Å². The third-order valence-electron chi connectivity index (χ3n) is 4.11. The second-order valence-corrected chi connectivity index (χ2v) is 7.37. The van der Waals surface area contributed by atoms with Crippen LogP contribution >= 0.6 is 22.6 Å². The minimum absolute atomic E-state index is 0.418. The van der Waals surface area contributed by atoms with E-state index in [1.54, 1.807) is 6.33 Å². The first-order valence-electron chi connectivity index (χ1n) is 6.72. The van der Waals surface area contributed by atoms with Crippen LogP contribution in [0.1, 0.15) is 22.3 Å². The minimum Gasteiger partial charge on any atom is -0.383 e. The van der Waals surface area contributed by atoms with E-state index < -0.39 is 0 Å². The molecule has 6 heteroatoms. The second kappa shape index (κ2) is 5.05. The zero-order valence-corrected chi connectivity index (χ0v) is 13.5. The van der Waals surface area contributed by atoms with Gasteiger partial charge in [0.15, 0.2) is 0 Å². The van der Waals surface area contributed by atoms with Crippen molar-refractivity contribution < 1.29 is 0 Å². The van der Waals surface area contributed by atoms with Crippen LogP contribution in [-0.4, -0.2) is 48.1 Å². The Morgan fingerprint density at radius 1 is 1.42 bits per heavy atom. The maximum Gasteiger partial charge on any atom is 0.138 e. The lowest BCUT2D eigenvalue weighted by atomic mass is 9.79. The van der Waals surface area contributed by atoms with Crippen LogP contribution in [0.25, 0.3) is 0 Å².